The van der Waals surface area contributed by atoms with E-state index >= 15 is 0 Å². The molecular weight excluding hydrogens is 238 g/mol. The van der Waals surface area contributed by atoms with Crippen molar-refractivity contribution in [3.05, 3.63) is 23.8 Å². The van der Waals surface area contributed by atoms with E-state index in [1.165, 1.54) is 12.8 Å². The maximum absolute atomic E-state index is 10.1. The third-order valence-electron chi connectivity index (χ3n) is 4.06. The molecule has 1 aromatic carbocycles. The molecule has 0 spiro atoms. The minimum atomic E-state index is -0.514. The number of hydrogen-bond donors (Lipinski definition) is 1. The SMILES string of the molecule is COc1cccc(N2CCCC2C(C)C)c1[C@@H](C)O. The van der Waals surface area contributed by atoms with Crippen LogP contribution in [0.1, 0.15) is 45.3 Å². The van der Waals surface area contributed by atoms with Gasteiger partial charge in [0.2, 0.25) is 0 Å². The summed E-state index contributed by atoms with van der Waals surface area (Å²) in [7, 11) is 1.66. The van der Waals surface area contributed by atoms with Gasteiger partial charge in [-0.05, 0) is 37.8 Å². The first-order valence-electron chi connectivity index (χ1n) is 7.17. The molecule has 0 saturated carbocycles. The molecule has 2 rings (SSSR count). The molecule has 1 aliphatic heterocycles. The van der Waals surface area contributed by atoms with Gasteiger partial charge in [-0.25, -0.2) is 0 Å². The fraction of sp³-hybridized carbons (Fsp3) is 0.625. The van der Waals surface area contributed by atoms with Crippen LogP contribution in [0.4, 0.5) is 5.69 Å². The Balaban J connectivity index is 2.44. The zero-order chi connectivity index (χ0) is 14.0. The van der Waals surface area contributed by atoms with Gasteiger partial charge >= 0.3 is 0 Å². The van der Waals surface area contributed by atoms with Gasteiger partial charge in [-0.3, -0.25) is 0 Å². The second kappa shape index (κ2) is 5.83. The number of aliphatic hydroxyl groups excluding tert-OH is 1. The van der Waals surface area contributed by atoms with E-state index in [-0.39, 0.29) is 0 Å². The Hall–Kier alpha value is -1.22. The van der Waals surface area contributed by atoms with Gasteiger partial charge in [0.05, 0.1) is 13.2 Å². The molecular formula is C16H25NO2. The lowest BCUT2D eigenvalue weighted by Crippen LogP contribution is -2.34. The molecule has 0 aliphatic carbocycles. The molecule has 0 aromatic heterocycles. The molecule has 1 aromatic rings. The van der Waals surface area contributed by atoms with Crippen molar-refractivity contribution in [1.82, 2.24) is 0 Å². The lowest BCUT2D eigenvalue weighted by atomic mass is 9.99. The summed E-state index contributed by atoms with van der Waals surface area (Å²) in [6.45, 7) is 7.41. The van der Waals surface area contributed by atoms with Crippen molar-refractivity contribution in [2.45, 2.75) is 45.8 Å². The summed E-state index contributed by atoms with van der Waals surface area (Å²) >= 11 is 0. The standard InChI is InChI=1S/C16H25NO2/c1-11(2)13-8-6-10-17(13)14-7-5-9-15(19-4)16(14)12(3)18/h5,7,9,11-13,18H,6,8,10H2,1-4H3/t12-,13?/m1/s1. The van der Waals surface area contributed by atoms with E-state index in [9.17, 15) is 5.11 Å². The van der Waals surface area contributed by atoms with E-state index in [2.05, 4.69) is 24.8 Å². The van der Waals surface area contributed by atoms with Crippen molar-refractivity contribution in [3.8, 4) is 5.75 Å². The highest BCUT2D eigenvalue weighted by atomic mass is 16.5. The molecule has 1 saturated heterocycles. The number of methoxy groups -OCH3 is 1. The number of ether oxygens (including phenoxy) is 1. The molecule has 1 fully saturated rings. The third kappa shape index (κ3) is 2.71. The number of aliphatic hydroxyl groups is 1. The lowest BCUT2D eigenvalue weighted by molar-refractivity contribution is 0.194. The highest BCUT2D eigenvalue weighted by Gasteiger charge is 2.30. The topological polar surface area (TPSA) is 32.7 Å². The van der Waals surface area contributed by atoms with Crippen LogP contribution in [0.3, 0.4) is 0 Å². The van der Waals surface area contributed by atoms with Crippen LogP contribution in [0.2, 0.25) is 0 Å². The van der Waals surface area contributed by atoms with Gasteiger partial charge in [-0.1, -0.05) is 19.9 Å². The molecule has 3 heteroatoms. The molecule has 1 unspecified atom stereocenters. The number of rotatable bonds is 4. The van der Waals surface area contributed by atoms with Gasteiger partial charge in [0.25, 0.3) is 0 Å². The molecule has 19 heavy (non-hydrogen) atoms. The minimum Gasteiger partial charge on any atom is -0.496 e. The Morgan fingerprint density at radius 2 is 2.05 bits per heavy atom. The van der Waals surface area contributed by atoms with Gasteiger partial charge in [-0.2, -0.15) is 0 Å². The summed E-state index contributed by atoms with van der Waals surface area (Å²) < 4.78 is 5.42. The Kier molecular flexibility index (Phi) is 4.35. The van der Waals surface area contributed by atoms with Gasteiger partial charge < -0.3 is 14.7 Å². The molecule has 0 radical (unpaired) electrons. The van der Waals surface area contributed by atoms with E-state index in [4.69, 9.17) is 4.74 Å². The van der Waals surface area contributed by atoms with Gasteiger partial charge in [0.15, 0.2) is 0 Å². The van der Waals surface area contributed by atoms with E-state index in [1.54, 1.807) is 7.11 Å². The zero-order valence-corrected chi connectivity index (χ0v) is 12.4. The predicted octanol–water partition coefficient (Wildman–Crippen LogP) is 3.37. The number of nitrogens with zero attached hydrogens (tertiary/aromatic N) is 1. The van der Waals surface area contributed by atoms with Crippen LogP contribution in [0.25, 0.3) is 0 Å². The average Bonchev–Trinajstić information content (AvgIpc) is 2.86. The molecule has 106 valence electrons. The largest absolute Gasteiger partial charge is 0.496 e. The minimum absolute atomic E-state index is 0.514. The third-order valence-corrected chi connectivity index (χ3v) is 4.06. The second-order valence-corrected chi connectivity index (χ2v) is 5.72. The highest BCUT2D eigenvalue weighted by Crippen LogP contribution is 2.39. The van der Waals surface area contributed by atoms with Crippen LogP contribution >= 0.6 is 0 Å². The molecule has 0 amide bonds. The summed E-state index contributed by atoms with van der Waals surface area (Å²) in [6.07, 6.45) is 1.94. The summed E-state index contributed by atoms with van der Waals surface area (Å²) in [5.74, 6) is 1.40. The molecule has 1 N–H and O–H groups in total. The first kappa shape index (κ1) is 14.2. The normalized spacial score (nSPS) is 20.9. The smallest absolute Gasteiger partial charge is 0.126 e. The summed E-state index contributed by atoms with van der Waals surface area (Å²) in [5.41, 5.74) is 2.04. The average molecular weight is 263 g/mol. The van der Waals surface area contributed by atoms with Crippen LogP contribution in [-0.2, 0) is 0 Å². The first-order valence-corrected chi connectivity index (χ1v) is 7.17. The van der Waals surface area contributed by atoms with E-state index in [1.807, 2.05) is 19.1 Å². The van der Waals surface area contributed by atoms with Crippen LogP contribution in [0.15, 0.2) is 18.2 Å². The van der Waals surface area contributed by atoms with Crippen molar-refractivity contribution in [2.75, 3.05) is 18.6 Å². The van der Waals surface area contributed by atoms with Crippen LogP contribution in [0, 0.1) is 5.92 Å². The summed E-state index contributed by atoms with van der Waals surface area (Å²) in [6, 6.07) is 6.59. The number of anilines is 1. The Morgan fingerprint density at radius 1 is 1.32 bits per heavy atom. The maximum atomic E-state index is 10.1. The van der Waals surface area contributed by atoms with Crippen molar-refractivity contribution >= 4 is 5.69 Å². The highest BCUT2D eigenvalue weighted by molar-refractivity contribution is 5.61. The zero-order valence-electron chi connectivity index (χ0n) is 12.4. The van der Waals surface area contributed by atoms with Crippen LogP contribution in [0.5, 0.6) is 5.75 Å². The van der Waals surface area contributed by atoms with E-state index < -0.39 is 6.10 Å². The summed E-state index contributed by atoms with van der Waals surface area (Å²) in [5, 5.41) is 10.1. The Bertz CT molecular complexity index is 429. The van der Waals surface area contributed by atoms with Crippen molar-refractivity contribution < 1.29 is 9.84 Å². The quantitative estimate of drug-likeness (QED) is 0.904. The number of benzene rings is 1. The van der Waals surface area contributed by atoms with Crippen LogP contribution in [-0.4, -0.2) is 24.8 Å². The molecule has 1 aliphatic rings. The van der Waals surface area contributed by atoms with E-state index in [0.29, 0.717) is 12.0 Å². The molecule has 3 nitrogen and oxygen atoms in total. The first-order chi connectivity index (χ1) is 9.06. The van der Waals surface area contributed by atoms with Crippen LogP contribution < -0.4 is 9.64 Å². The number of hydrogen-bond acceptors (Lipinski definition) is 3. The molecule has 0 bridgehead atoms. The van der Waals surface area contributed by atoms with Gasteiger partial charge in [-0.15, -0.1) is 0 Å². The lowest BCUT2D eigenvalue weighted by Gasteiger charge is -2.32. The monoisotopic (exact) mass is 263 g/mol. The predicted molar refractivity (Wildman–Crippen MR) is 78.8 cm³/mol. The fourth-order valence-electron chi connectivity index (χ4n) is 3.17. The van der Waals surface area contributed by atoms with Gasteiger partial charge in [0, 0.05) is 23.8 Å². The van der Waals surface area contributed by atoms with Gasteiger partial charge in [0.1, 0.15) is 5.75 Å². The molecule has 2 atom stereocenters. The Morgan fingerprint density at radius 3 is 2.63 bits per heavy atom. The van der Waals surface area contributed by atoms with Crippen molar-refractivity contribution in [2.24, 2.45) is 5.92 Å². The van der Waals surface area contributed by atoms with E-state index in [0.717, 1.165) is 23.5 Å². The Labute approximate surface area is 116 Å². The fourth-order valence-corrected chi connectivity index (χ4v) is 3.17. The maximum Gasteiger partial charge on any atom is 0.126 e. The van der Waals surface area contributed by atoms with Crippen molar-refractivity contribution in [3.63, 3.8) is 0 Å². The summed E-state index contributed by atoms with van der Waals surface area (Å²) in [4.78, 5) is 2.44. The molecule has 1 heterocycles. The second-order valence-electron chi connectivity index (χ2n) is 5.72. The van der Waals surface area contributed by atoms with Crippen molar-refractivity contribution in [1.29, 1.82) is 0 Å².